The highest BCUT2D eigenvalue weighted by atomic mass is 35.5. The van der Waals surface area contributed by atoms with Crippen molar-refractivity contribution in [1.82, 2.24) is 4.90 Å². The van der Waals surface area contributed by atoms with Crippen LogP contribution in [0.2, 0.25) is 10.0 Å². The zero-order valence-corrected chi connectivity index (χ0v) is 14.7. The van der Waals surface area contributed by atoms with Gasteiger partial charge in [0.05, 0.1) is 22.1 Å². The Kier molecular flexibility index (Phi) is 4.92. The molecule has 1 aliphatic heterocycles. The number of rotatable bonds is 4. The summed E-state index contributed by atoms with van der Waals surface area (Å²) in [4.78, 5) is 10.5. The van der Waals surface area contributed by atoms with E-state index in [1.807, 2.05) is 32.3 Å². The van der Waals surface area contributed by atoms with Crippen molar-refractivity contribution >= 4 is 47.1 Å². The van der Waals surface area contributed by atoms with Crippen LogP contribution in [-0.2, 0) is 0 Å². The predicted octanol–water partition coefficient (Wildman–Crippen LogP) is 4.69. The highest BCUT2D eigenvalue weighted by molar-refractivity contribution is 6.39. The van der Waals surface area contributed by atoms with Crippen LogP contribution in [0.25, 0.3) is 0 Å². The molecule has 2 aromatic carbocycles. The Labute approximate surface area is 150 Å². The maximum absolute atomic E-state index is 6.25. The van der Waals surface area contributed by atoms with Gasteiger partial charge < -0.3 is 14.4 Å². The average Bonchev–Trinajstić information content (AvgIpc) is 2.99. The van der Waals surface area contributed by atoms with Gasteiger partial charge in [0.2, 0.25) is 6.79 Å². The molecule has 0 saturated carbocycles. The third kappa shape index (κ3) is 3.80. The Morgan fingerprint density at radius 3 is 2.42 bits per heavy atom. The molecule has 2 aromatic rings. The van der Waals surface area contributed by atoms with Crippen molar-refractivity contribution in [2.75, 3.05) is 20.9 Å². The van der Waals surface area contributed by atoms with Crippen molar-refractivity contribution in [2.24, 2.45) is 9.98 Å². The van der Waals surface area contributed by atoms with Gasteiger partial charge in [-0.2, -0.15) is 0 Å². The predicted molar refractivity (Wildman–Crippen MR) is 98.1 cm³/mol. The van der Waals surface area contributed by atoms with Crippen LogP contribution in [-0.4, -0.2) is 38.3 Å². The summed E-state index contributed by atoms with van der Waals surface area (Å²) in [6, 6.07) is 9.06. The molecule has 0 aliphatic carbocycles. The van der Waals surface area contributed by atoms with E-state index in [9.17, 15) is 0 Å². The fourth-order valence-corrected chi connectivity index (χ4v) is 2.64. The maximum atomic E-state index is 6.25. The maximum Gasteiger partial charge on any atom is 0.231 e. The van der Waals surface area contributed by atoms with E-state index in [1.165, 1.54) is 0 Å². The molecule has 3 rings (SSSR count). The number of hydrogen-bond donors (Lipinski definition) is 0. The number of fused-ring (bicyclic) bond motifs is 1. The Bertz CT molecular complexity index is 796. The lowest BCUT2D eigenvalue weighted by Crippen LogP contribution is -2.07. The van der Waals surface area contributed by atoms with E-state index >= 15 is 0 Å². The lowest BCUT2D eigenvalue weighted by atomic mass is 10.2. The van der Waals surface area contributed by atoms with Crippen molar-refractivity contribution in [3.8, 4) is 11.5 Å². The lowest BCUT2D eigenvalue weighted by Gasteiger charge is -2.06. The smallest absolute Gasteiger partial charge is 0.231 e. The second kappa shape index (κ2) is 7.11. The van der Waals surface area contributed by atoms with Crippen molar-refractivity contribution in [3.05, 3.63) is 45.9 Å². The van der Waals surface area contributed by atoms with Gasteiger partial charge in [0.25, 0.3) is 0 Å². The minimum absolute atomic E-state index is 0.246. The number of hydrogen-bond acceptors (Lipinski definition) is 4. The molecule has 5 nitrogen and oxygen atoms in total. The normalized spacial score (nSPS) is 13.2. The summed E-state index contributed by atoms with van der Waals surface area (Å²) in [5.41, 5.74) is 2.06. The molecule has 0 saturated heterocycles. The summed E-state index contributed by atoms with van der Waals surface area (Å²) in [5, 5.41) is 0.886. The van der Waals surface area contributed by atoms with Crippen LogP contribution in [0.4, 0.5) is 11.4 Å². The molecular formula is C17H15Cl2N3O2. The molecule has 0 radical (unpaired) electrons. The van der Waals surface area contributed by atoms with Gasteiger partial charge in [-0.3, -0.25) is 4.99 Å². The van der Waals surface area contributed by atoms with Crippen molar-refractivity contribution in [2.45, 2.75) is 0 Å². The van der Waals surface area contributed by atoms with E-state index in [1.54, 1.807) is 29.6 Å². The van der Waals surface area contributed by atoms with Crippen LogP contribution in [0, 0.1) is 0 Å². The minimum Gasteiger partial charge on any atom is -0.454 e. The van der Waals surface area contributed by atoms with Gasteiger partial charge in [-0.25, -0.2) is 4.99 Å². The molecule has 1 heterocycles. The van der Waals surface area contributed by atoms with E-state index < -0.39 is 0 Å². The largest absolute Gasteiger partial charge is 0.454 e. The molecular weight excluding hydrogens is 349 g/mol. The van der Waals surface area contributed by atoms with Crippen LogP contribution in [0.3, 0.4) is 0 Å². The van der Waals surface area contributed by atoms with Crippen LogP contribution >= 0.6 is 23.2 Å². The van der Waals surface area contributed by atoms with Crippen molar-refractivity contribution in [1.29, 1.82) is 0 Å². The zero-order chi connectivity index (χ0) is 17.1. The van der Waals surface area contributed by atoms with Crippen LogP contribution in [0.1, 0.15) is 5.56 Å². The van der Waals surface area contributed by atoms with Gasteiger partial charge in [-0.1, -0.05) is 23.2 Å². The molecule has 0 bridgehead atoms. The molecule has 24 heavy (non-hydrogen) atoms. The second-order valence-electron chi connectivity index (χ2n) is 5.34. The number of ether oxygens (including phenoxy) is 2. The summed E-state index contributed by atoms with van der Waals surface area (Å²) in [6.45, 7) is 0.246. The lowest BCUT2D eigenvalue weighted by molar-refractivity contribution is 0.174. The molecule has 124 valence electrons. The van der Waals surface area contributed by atoms with Crippen LogP contribution < -0.4 is 9.47 Å². The second-order valence-corrected chi connectivity index (χ2v) is 6.15. The average molecular weight is 364 g/mol. The molecule has 0 atom stereocenters. The molecule has 0 amide bonds. The highest BCUT2D eigenvalue weighted by Gasteiger charge is 2.12. The van der Waals surface area contributed by atoms with E-state index in [0.717, 1.165) is 11.3 Å². The fourth-order valence-electron chi connectivity index (χ4n) is 2.07. The fraction of sp³-hybridized carbons (Fsp3) is 0.176. The molecule has 7 heteroatoms. The first kappa shape index (κ1) is 16.6. The van der Waals surface area contributed by atoms with E-state index in [2.05, 4.69) is 9.98 Å². The number of aliphatic imine (C=N–C) groups is 2. The Morgan fingerprint density at radius 2 is 1.71 bits per heavy atom. The van der Waals surface area contributed by atoms with Gasteiger partial charge in [0.15, 0.2) is 11.5 Å². The first-order chi connectivity index (χ1) is 11.5. The Morgan fingerprint density at radius 1 is 1.00 bits per heavy atom. The van der Waals surface area contributed by atoms with Gasteiger partial charge in [0.1, 0.15) is 5.69 Å². The molecule has 0 spiro atoms. The third-order valence-electron chi connectivity index (χ3n) is 3.18. The molecule has 0 fully saturated rings. The SMILES string of the molecule is CN(C)C=Nc1c(Cl)cc(N=Cc2ccc3c(c2)OCO3)cc1Cl. The summed E-state index contributed by atoms with van der Waals surface area (Å²) in [6.07, 6.45) is 3.36. The standard InChI is InChI=1S/C17H15Cl2N3O2/c1-22(2)9-21-17-13(18)6-12(7-14(17)19)20-8-11-3-4-15-16(5-11)24-10-23-15/h3-9H,10H2,1-2H3. The van der Waals surface area contributed by atoms with Gasteiger partial charge >= 0.3 is 0 Å². The van der Waals surface area contributed by atoms with Gasteiger partial charge in [0, 0.05) is 20.3 Å². The van der Waals surface area contributed by atoms with E-state index in [-0.39, 0.29) is 6.79 Å². The molecule has 1 aliphatic rings. The number of halogens is 2. The van der Waals surface area contributed by atoms with Gasteiger partial charge in [-0.05, 0) is 35.9 Å². The summed E-state index contributed by atoms with van der Waals surface area (Å²) in [5.74, 6) is 1.45. The van der Waals surface area contributed by atoms with Crippen molar-refractivity contribution < 1.29 is 9.47 Å². The minimum atomic E-state index is 0.246. The summed E-state index contributed by atoms with van der Waals surface area (Å²) < 4.78 is 10.6. The summed E-state index contributed by atoms with van der Waals surface area (Å²) in [7, 11) is 3.74. The molecule has 0 N–H and O–H groups in total. The number of nitrogens with zero attached hydrogens (tertiary/aromatic N) is 3. The molecule has 0 aromatic heterocycles. The highest BCUT2D eigenvalue weighted by Crippen LogP contribution is 2.37. The first-order valence-electron chi connectivity index (χ1n) is 7.16. The first-order valence-corrected chi connectivity index (χ1v) is 7.92. The monoisotopic (exact) mass is 363 g/mol. The Balaban J connectivity index is 1.83. The topological polar surface area (TPSA) is 46.4 Å². The number of benzene rings is 2. The third-order valence-corrected chi connectivity index (χ3v) is 3.75. The van der Waals surface area contributed by atoms with Crippen molar-refractivity contribution in [3.63, 3.8) is 0 Å². The quantitative estimate of drug-likeness (QED) is 0.584. The van der Waals surface area contributed by atoms with E-state index in [4.69, 9.17) is 32.7 Å². The Hall–Kier alpha value is -2.24. The van der Waals surface area contributed by atoms with E-state index in [0.29, 0.717) is 27.2 Å². The van der Waals surface area contributed by atoms with Crippen LogP contribution in [0.5, 0.6) is 11.5 Å². The molecule has 0 unspecified atom stereocenters. The van der Waals surface area contributed by atoms with Gasteiger partial charge in [-0.15, -0.1) is 0 Å². The van der Waals surface area contributed by atoms with Crippen LogP contribution in [0.15, 0.2) is 40.3 Å². The zero-order valence-electron chi connectivity index (χ0n) is 13.2. The summed E-state index contributed by atoms with van der Waals surface area (Å²) >= 11 is 12.5.